The van der Waals surface area contributed by atoms with Crippen LogP contribution in [0.25, 0.3) is 11.1 Å². The van der Waals surface area contributed by atoms with Crippen LogP contribution in [0.4, 0.5) is 0 Å². The fraction of sp³-hybridized carbons (Fsp3) is 0.278. The van der Waals surface area contributed by atoms with Crippen LogP contribution in [0.5, 0.6) is 0 Å². The summed E-state index contributed by atoms with van der Waals surface area (Å²) in [7, 11) is 1.85. The van der Waals surface area contributed by atoms with Crippen molar-refractivity contribution in [3.8, 4) is 11.1 Å². The molecule has 0 fully saturated rings. The van der Waals surface area contributed by atoms with Crippen molar-refractivity contribution in [3.63, 3.8) is 0 Å². The first-order valence-electron chi connectivity index (χ1n) is 7.19. The Morgan fingerprint density at radius 1 is 1.05 bits per heavy atom. The first kappa shape index (κ1) is 15.3. The average molecular weight is 283 g/mol. The van der Waals surface area contributed by atoms with Crippen LogP contribution in [-0.4, -0.2) is 29.1 Å². The lowest BCUT2D eigenvalue weighted by Gasteiger charge is -2.23. The SMILES string of the molecule is CCC(C(=O)O)N(C)Cc1ccc(-c2ccccc2)cc1. The van der Waals surface area contributed by atoms with Crippen molar-refractivity contribution in [1.29, 1.82) is 0 Å². The fourth-order valence-electron chi connectivity index (χ4n) is 2.51. The Labute approximate surface area is 125 Å². The number of nitrogens with zero attached hydrogens (tertiary/aromatic N) is 1. The van der Waals surface area contributed by atoms with Crippen LogP contribution in [0.2, 0.25) is 0 Å². The summed E-state index contributed by atoms with van der Waals surface area (Å²) in [6.45, 7) is 2.54. The van der Waals surface area contributed by atoms with E-state index < -0.39 is 12.0 Å². The van der Waals surface area contributed by atoms with Gasteiger partial charge in [0.25, 0.3) is 0 Å². The maximum absolute atomic E-state index is 11.2. The Morgan fingerprint density at radius 2 is 1.62 bits per heavy atom. The number of carbonyl (C=O) groups is 1. The third-order valence-electron chi connectivity index (χ3n) is 3.70. The molecule has 1 N–H and O–H groups in total. The summed E-state index contributed by atoms with van der Waals surface area (Å²) >= 11 is 0. The van der Waals surface area contributed by atoms with E-state index in [2.05, 4.69) is 36.4 Å². The zero-order chi connectivity index (χ0) is 15.2. The quantitative estimate of drug-likeness (QED) is 0.879. The Balaban J connectivity index is 2.08. The lowest BCUT2D eigenvalue weighted by Crippen LogP contribution is -2.37. The van der Waals surface area contributed by atoms with Gasteiger partial charge in [-0.25, -0.2) is 0 Å². The second-order valence-corrected chi connectivity index (χ2v) is 5.24. The maximum atomic E-state index is 11.2. The number of hydrogen-bond donors (Lipinski definition) is 1. The smallest absolute Gasteiger partial charge is 0.320 e. The number of benzene rings is 2. The van der Waals surface area contributed by atoms with Crippen LogP contribution in [0, 0.1) is 0 Å². The van der Waals surface area contributed by atoms with Crippen LogP contribution >= 0.6 is 0 Å². The van der Waals surface area contributed by atoms with Gasteiger partial charge in [0.2, 0.25) is 0 Å². The van der Waals surface area contributed by atoms with Gasteiger partial charge in [-0.05, 0) is 30.2 Å². The first-order chi connectivity index (χ1) is 10.1. The molecule has 0 aliphatic heterocycles. The number of hydrogen-bond acceptors (Lipinski definition) is 2. The van der Waals surface area contributed by atoms with E-state index in [1.54, 1.807) is 0 Å². The molecule has 2 rings (SSSR count). The zero-order valence-electron chi connectivity index (χ0n) is 12.5. The van der Waals surface area contributed by atoms with Gasteiger partial charge in [0, 0.05) is 6.54 Å². The summed E-state index contributed by atoms with van der Waals surface area (Å²) in [4.78, 5) is 13.0. The van der Waals surface area contributed by atoms with Gasteiger partial charge in [0.15, 0.2) is 0 Å². The van der Waals surface area contributed by atoms with E-state index in [1.165, 1.54) is 11.1 Å². The minimum Gasteiger partial charge on any atom is -0.480 e. The van der Waals surface area contributed by atoms with Gasteiger partial charge in [-0.1, -0.05) is 61.5 Å². The highest BCUT2D eigenvalue weighted by Crippen LogP contribution is 2.20. The molecular formula is C18H21NO2. The molecule has 0 aliphatic carbocycles. The van der Waals surface area contributed by atoms with Crippen LogP contribution in [0.15, 0.2) is 54.6 Å². The fourth-order valence-corrected chi connectivity index (χ4v) is 2.51. The maximum Gasteiger partial charge on any atom is 0.320 e. The molecule has 2 aromatic carbocycles. The Kier molecular flexibility index (Phi) is 5.12. The van der Waals surface area contributed by atoms with E-state index >= 15 is 0 Å². The van der Waals surface area contributed by atoms with Crippen molar-refractivity contribution in [2.45, 2.75) is 25.9 Å². The van der Waals surface area contributed by atoms with Crippen molar-refractivity contribution in [3.05, 3.63) is 60.2 Å². The molecule has 1 atom stereocenters. The highest BCUT2D eigenvalue weighted by molar-refractivity contribution is 5.73. The molecule has 3 nitrogen and oxygen atoms in total. The normalized spacial score (nSPS) is 12.3. The first-order valence-corrected chi connectivity index (χ1v) is 7.19. The molecule has 0 bridgehead atoms. The van der Waals surface area contributed by atoms with Crippen molar-refractivity contribution in [2.24, 2.45) is 0 Å². The standard InChI is InChI=1S/C18H21NO2/c1-3-17(18(20)21)19(2)13-14-9-11-16(12-10-14)15-7-5-4-6-8-15/h4-12,17H,3,13H2,1-2H3,(H,20,21). The largest absolute Gasteiger partial charge is 0.480 e. The zero-order valence-corrected chi connectivity index (χ0v) is 12.5. The molecule has 110 valence electrons. The number of carboxylic acid groups (broad SMARTS) is 1. The molecule has 0 radical (unpaired) electrons. The minimum atomic E-state index is -0.763. The highest BCUT2D eigenvalue weighted by atomic mass is 16.4. The molecule has 0 saturated carbocycles. The molecule has 3 heteroatoms. The van der Waals surface area contributed by atoms with Crippen molar-refractivity contribution in [2.75, 3.05) is 7.05 Å². The molecule has 1 unspecified atom stereocenters. The van der Waals surface area contributed by atoms with Crippen molar-refractivity contribution < 1.29 is 9.90 Å². The topological polar surface area (TPSA) is 40.5 Å². The number of rotatable bonds is 6. The van der Waals surface area contributed by atoms with E-state index in [9.17, 15) is 9.90 Å². The molecule has 21 heavy (non-hydrogen) atoms. The second-order valence-electron chi connectivity index (χ2n) is 5.24. The van der Waals surface area contributed by atoms with Crippen LogP contribution in [-0.2, 0) is 11.3 Å². The van der Waals surface area contributed by atoms with E-state index in [4.69, 9.17) is 0 Å². The molecule has 0 aromatic heterocycles. The van der Waals surface area contributed by atoms with Gasteiger partial charge < -0.3 is 5.11 Å². The van der Waals surface area contributed by atoms with Crippen molar-refractivity contribution >= 4 is 5.97 Å². The molecular weight excluding hydrogens is 262 g/mol. The van der Waals surface area contributed by atoms with Gasteiger partial charge in [-0.2, -0.15) is 0 Å². The molecule has 2 aromatic rings. The van der Waals surface area contributed by atoms with E-state index in [0.29, 0.717) is 13.0 Å². The second kappa shape index (κ2) is 7.04. The van der Waals surface area contributed by atoms with E-state index in [-0.39, 0.29) is 0 Å². The van der Waals surface area contributed by atoms with Gasteiger partial charge in [0.1, 0.15) is 6.04 Å². The molecule has 0 heterocycles. The molecule has 0 spiro atoms. The monoisotopic (exact) mass is 283 g/mol. The third kappa shape index (κ3) is 3.92. The Hall–Kier alpha value is -2.13. The number of likely N-dealkylation sites (N-methyl/N-ethyl adjacent to an activating group) is 1. The highest BCUT2D eigenvalue weighted by Gasteiger charge is 2.20. The predicted octanol–water partition coefficient (Wildman–Crippen LogP) is 3.65. The van der Waals surface area contributed by atoms with Crippen LogP contribution in [0.1, 0.15) is 18.9 Å². The van der Waals surface area contributed by atoms with Crippen molar-refractivity contribution in [1.82, 2.24) is 4.90 Å². The Bertz CT molecular complexity index is 578. The summed E-state index contributed by atoms with van der Waals surface area (Å²) in [5, 5.41) is 9.17. The summed E-state index contributed by atoms with van der Waals surface area (Å²) < 4.78 is 0. The Morgan fingerprint density at radius 3 is 2.14 bits per heavy atom. The summed E-state index contributed by atoms with van der Waals surface area (Å²) in [5.41, 5.74) is 3.48. The molecule has 0 saturated heterocycles. The molecule has 0 amide bonds. The van der Waals surface area contributed by atoms with E-state index in [1.807, 2.05) is 37.1 Å². The number of aliphatic carboxylic acids is 1. The van der Waals surface area contributed by atoms with Gasteiger partial charge in [-0.15, -0.1) is 0 Å². The summed E-state index contributed by atoms with van der Waals surface area (Å²) in [6.07, 6.45) is 0.605. The lowest BCUT2D eigenvalue weighted by molar-refractivity contribution is -0.143. The van der Waals surface area contributed by atoms with Gasteiger partial charge in [0.05, 0.1) is 0 Å². The van der Waals surface area contributed by atoms with Gasteiger partial charge >= 0.3 is 5.97 Å². The van der Waals surface area contributed by atoms with Crippen LogP contribution < -0.4 is 0 Å². The predicted molar refractivity (Wildman–Crippen MR) is 85.1 cm³/mol. The third-order valence-corrected chi connectivity index (χ3v) is 3.70. The number of carboxylic acids is 1. The molecule has 0 aliphatic rings. The minimum absolute atomic E-state index is 0.432. The lowest BCUT2D eigenvalue weighted by atomic mass is 10.0. The summed E-state index contributed by atoms with van der Waals surface area (Å²) in [5.74, 6) is -0.763. The van der Waals surface area contributed by atoms with E-state index in [0.717, 1.165) is 5.56 Å². The average Bonchev–Trinajstić information content (AvgIpc) is 2.49. The van der Waals surface area contributed by atoms with Crippen LogP contribution in [0.3, 0.4) is 0 Å². The summed E-state index contributed by atoms with van der Waals surface area (Å²) in [6, 6.07) is 18.1. The van der Waals surface area contributed by atoms with Gasteiger partial charge in [-0.3, -0.25) is 9.69 Å².